The van der Waals surface area contributed by atoms with Crippen LogP contribution in [0.15, 0.2) is 6.20 Å². The van der Waals surface area contributed by atoms with Crippen LogP contribution in [0.25, 0.3) is 0 Å². The fourth-order valence-corrected chi connectivity index (χ4v) is 2.97. The van der Waals surface area contributed by atoms with Crippen molar-refractivity contribution in [1.82, 2.24) is 9.88 Å². The molecule has 6 heteroatoms. The van der Waals surface area contributed by atoms with Crippen LogP contribution < -0.4 is 5.73 Å². The molecular formula is C10H14ClN3OS. The fraction of sp³-hybridized carbons (Fsp3) is 0.600. The van der Waals surface area contributed by atoms with Crippen LogP contribution in [0.1, 0.15) is 17.7 Å². The smallest absolute Gasteiger partial charge is 0.220 e. The van der Waals surface area contributed by atoms with Gasteiger partial charge in [-0.15, -0.1) is 11.3 Å². The standard InChI is InChI=1S/C10H14ClN3OS/c11-10-13-5-8(16-10)6-14-3-1-7(2-4-14)9(12)15/h5,7H,1-4,6H2,(H2,12,15). The van der Waals surface area contributed by atoms with Crippen molar-refractivity contribution in [3.63, 3.8) is 0 Å². The van der Waals surface area contributed by atoms with E-state index in [-0.39, 0.29) is 11.8 Å². The highest BCUT2D eigenvalue weighted by molar-refractivity contribution is 7.15. The Bertz CT molecular complexity index is 374. The van der Waals surface area contributed by atoms with Gasteiger partial charge in [0, 0.05) is 23.5 Å². The number of likely N-dealkylation sites (tertiary alicyclic amines) is 1. The highest BCUT2D eigenvalue weighted by atomic mass is 35.5. The van der Waals surface area contributed by atoms with Crippen molar-refractivity contribution in [2.45, 2.75) is 19.4 Å². The average molecular weight is 260 g/mol. The maximum atomic E-state index is 11.0. The third-order valence-electron chi connectivity index (χ3n) is 2.89. The van der Waals surface area contributed by atoms with Crippen LogP contribution in [-0.2, 0) is 11.3 Å². The van der Waals surface area contributed by atoms with E-state index in [1.165, 1.54) is 16.2 Å². The number of aromatic nitrogens is 1. The first-order valence-corrected chi connectivity index (χ1v) is 6.46. The van der Waals surface area contributed by atoms with E-state index < -0.39 is 0 Å². The highest BCUT2D eigenvalue weighted by Gasteiger charge is 2.23. The molecule has 0 aromatic carbocycles. The summed E-state index contributed by atoms with van der Waals surface area (Å²) in [6, 6.07) is 0. The summed E-state index contributed by atoms with van der Waals surface area (Å²) < 4.78 is 0.585. The second-order valence-corrected chi connectivity index (χ2v) is 5.73. The summed E-state index contributed by atoms with van der Waals surface area (Å²) in [7, 11) is 0. The number of primary amides is 1. The number of amides is 1. The number of hydrogen-bond donors (Lipinski definition) is 1. The minimum absolute atomic E-state index is 0.0568. The molecule has 1 aromatic rings. The van der Waals surface area contributed by atoms with Crippen LogP contribution in [0.4, 0.5) is 0 Å². The summed E-state index contributed by atoms with van der Waals surface area (Å²) in [6.07, 6.45) is 3.54. The van der Waals surface area contributed by atoms with Crippen molar-refractivity contribution in [2.24, 2.45) is 11.7 Å². The third kappa shape index (κ3) is 2.93. The van der Waals surface area contributed by atoms with E-state index in [1.54, 1.807) is 0 Å². The van der Waals surface area contributed by atoms with Crippen molar-refractivity contribution in [1.29, 1.82) is 0 Å². The molecule has 0 spiro atoms. The van der Waals surface area contributed by atoms with Gasteiger partial charge >= 0.3 is 0 Å². The number of piperidine rings is 1. The number of hydrogen-bond acceptors (Lipinski definition) is 4. The van der Waals surface area contributed by atoms with Gasteiger partial charge in [0.1, 0.15) is 0 Å². The van der Waals surface area contributed by atoms with E-state index in [4.69, 9.17) is 17.3 Å². The molecule has 0 aliphatic carbocycles. The van der Waals surface area contributed by atoms with Gasteiger partial charge in [-0.3, -0.25) is 9.69 Å². The molecule has 1 amide bonds. The topological polar surface area (TPSA) is 59.2 Å². The first-order chi connectivity index (χ1) is 7.65. The van der Waals surface area contributed by atoms with Crippen LogP contribution in [0, 0.1) is 5.92 Å². The molecule has 0 atom stereocenters. The monoisotopic (exact) mass is 259 g/mol. The minimum Gasteiger partial charge on any atom is -0.369 e. The SMILES string of the molecule is NC(=O)C1CCN(Cc2cnc(Cl)s2)CC1. The fourth-order valence-electron chi connectivity index (χ4n) is 1.95. The van der Waals surface area contributed by atoms with Gasteiger partial charge in [-0.2, -0.15) is 0 Å². The lowest BCUT2D eigenvalue weighted by Crippen LogP contribution is -2.37. The molecule has 1 saturated heterocycles. The lowest BCUT2D eigenvalue weighted by molar-refractivity contribution is -0.123. The summed E-state index contributed by atoms with van der Waals surface area (Å²) in [6.45, 7) is 2.71. The summed E-state index contributed by atoms with van der Waals surface area (Å²) in [4.78, 5) is 18.5. The van der Waals surface area contributed by atoms with Gasteiger partial charge in [0.25, 0.3) is 0 Å². The first kappa shape index (κ1) is 11.8. The molecule has 2 N–H and O–H groups in total. The van der Waals surface area contributed by atoms with Crippen molar-refractivity contribution in [3.8, 4) is 0 Å². The molecule has 1 aromatic heterocycles. The Hall–Kier alpha value is -0.650. The molecule has 0 bridgehead atoms. The molecule has 4 nitrogen and oxygen atoms in total. The first-order valence-electron chi connectivity index (χ1n) is 5.27. The van der Waals surface area contributed by atoms with Crippen LogP contribution >= 0.6 is 22.9 Å². The Balaban J connectivity index is 1.83. The van der Waals surface area contributed by atoms with Crippen molar-refractivity contribution in [3.05, 3.63) is 15.5 Å². The van der Waals surface area contributed by atoms with Crippen LogP contribution in [-0.4, -0.2) is 28.9 Å². The maximum Gasteiger partial charge on any atom is 0.220 e. The van der Waals surface area contributed by atoms with E-state index in [2.05, 4.69) is 9.88 Å². The molecule has 1 aliphatic rings. The number of nitrogens with two attached hydrogens (primary N) is 1. The zero-order valence-electron chi connectivity index (χ0n) is 8.86. The third-order valence-corrected chi connectivity index (χ3v) is 3.99. The average Bonchev–Trinajstić information content (AvgIpc) is 2.65. The molecule has 0 saturated carbocycles. The summed E-state index contributed by atoms with van der Waals surface area (Å²) in [5.41, 5.74) is 5.29. The minimum atomic E-state index is -0.166. The highest BCUT2D eigenvalue weighted by Crippen LogP contribution is 2.22. The van der Waals surface area contributed by atoms with Crippen molar-refractivity contribution >= 4 is 28.8 Å². The number of thiazole rings is 1. The van der Waals surface area contributed by atoms with Crippen molar-refractivity contribution < 1.29 is 4.79 Å². The molecule has 0 radical (unpaired) electrons. The molecule has 1 aliphatic heterocycles. The Morgan fingerprint density at radius 2 is 2.31 bits per heavy atom. The van der Waals surface area contributed by atoms with E-state index >= 15 is 0 Å². The Morgan fingerprint density at radius 1 is 1.62 bits per heavy atom. The Labute approximate surface area is 103 Å². The van der Waals surface area contributed by atoms with E-state index in [1.807, 2.05) is 6.20 Å². The quantitative estimate of drug-likeness (QED) is 0.895. The number of carbonyl (C=O) groups excluding carboxylic acids is 1. The molecule has 1 fully saturated rings. The van der Waals surface area contributed by atoms with Crippen LogP contribution in [0.3, 0.4) is 0 Å². The van der Waals surface area contributed by atoms with E-state index in [9.17, 15) is 4.79 Å². The molecule has 16 heavy (non-hydrogen) atoms. The van der Waals surface area contributed by atoms with Gasteiger partial charge in [0.2, 0.25) is 5.91 Å². The zero-order chi connectivity index (χ0) is 11.5. The Morgan fingerprint density at radius 3 is 2.81 bits per heavy atom. The second kappa shape index (κ2) is 5.12. The molecular weight excluding hydrogens is 246 g/mol. The van der Waals surface area contributed by atoms with Crippen LogP contribution in [0.5, 0.6) is 0 Å². The normalized spacial score (nSPS) is 18.8. The number of carbonyl (C=O) groups is 1. The molecule has 2 heterocycles. The number of rotatable bonds is 3. The van der Waals surface area contributed by atoms with Gasteiger partial charge in [-0.25, -0.2) is 4.98 Å². The number of halogens is 1. The van der Waals surface area contributed by atoms with Crippen LogP contribution in [0.2, 0.25) is 4.47 Å². The second-order valence-electron chi connectivity index (χ2n) is 4.03. The van der Waals surface area contributed by atoms with Crippen molar-refractivity contribution in [2.75, 3.05) is 13.1 Å². The summed E-state index contributed by atoms with van der Waals surface area (Å²) in [5.74, 6) is -0.109. The van der Waals surface area contributed by atoms with E-state index in [0.717, 1.165) is 32.5 Å². The summed E-state index contributed by atoms with van der Waals surface area (Å²) >= 11 is 7.28. The van der Waals surface area contributed by atoms with Gasteiger partial charge < -0.3 is 5.73 Å². The van der Waals surface area contributed by atoms with E-state index in [0.29, 0.717) is 4.47 Å². The lowest BCUT2D eigenvalue weighted by atomic mass is 9.96. The molecule has 88 valence electrons. The van der Waals surface area contributed by atoms with Gasteiger partial charge in [-0.1, -0.05) is 11.6 Å². The largest absolute Gasteiger partial charge is 0.369 e. The van der Waals surface area contributed by atoms with Gasteiger partial charge in [-0.05, 0) is 25.9 Å². The Kier molecular flexibility index (Phi) is 3.78. The maximum absolute atomic E-state index is 11.0. The molecule has 0 unspecified atom stereocenters. The number of nitrogens with zero attached hydrogens (tertiary/aromatic N) is 2. The van der Waals surface area contributed by atoms with Gasteiger partial charge in [0.05, 0.1) is 0 Å². The van der Waals surface area contributed by atoms with Gasteiger partial charge in [0.15, 0.2) is 4.47 Å². The summed E-state index contributed by atoms with van der Waals surface area (Å²) in [5, 5.41) is 0. The predicted molar refractivity (Wildman–Crippen MR) is 64.3 cm³/mol. The molecule has 2 rings (SSSR count). The predicted octanol–water partition coefficient (Wildman–Crippen LogP) is 1.49. The lowest BCUT2D eigenvalue weighted by Gasteiger charge is -2.29. The zero-order valence-corrected chi connectivity index (χ0v) is 10.4.